The summed E-state index contributed by atoms with van der Waals surface area (Å²) in [5.74, 6) is -0.109. The van der Waals surface area contributed by atoms with Gasteiger partial charge in [0.05, 0.1) is 0 Å². The van der Waals surface area contributed by atoms with Gasteiger partial charge in [0.2, 0.25) is 11.8 Å². The molecule has 0 radical (unpaired) electrons. The first-order valence-electron chi connectivity index (χ1n) is 7.72. The highest BCUT2D eigenvalue weighted by Gasteiger charge is 2.07. The normalized spacial score (nSPS) is 10.0. The van der Waals surface area contributed by atoms with E-state index in [0.29, 0.717) is 37.9 Å². The van der Waals surface area contributed by atoms with Gasteiger partial charge in [0, 0.05) is 46.1 Å². The van der Waals surface area contributed by atoms with Crippen LogP contribution in [-0.2, 0) is 16.0 Å². The van der Waals surface area contributed by atoms with Gasteiger partial charge in [0.1, 0.15) is 0 Å². The van der Waals surface area contributed by atoms with Gasteiger partial charge in [-0.2, -0.15) is 0 Å². The Morgan fingerprint density at radius 2 is 1.61 bits per heavy atom. The van der Waals surface area contributed by atoms with Crippen LogP contribution in [0.25, 0.3) is 0 Å². The second-order valence-corrected chi connectivity index (χ2v) is 5.58. The summed E-state index contributed by atoms with van der Waals surface area (Å²) in [6, 6.07) is 7.31. The summed E-state index contributed by atoms with van der Waals surface area (Å²) in [5, 5.41) is 5.50. The number of rotatable bonds is 8. The Hall–Kier alpha value is -2.37. The Labute approximate surface area is 137 Å². The van der Waals surface area contributed by atoms with Crippen LogP contribution in [0.1, 0.15) is 35.7 Å². The van der Waals surface area contributed by atoms with Gasteiger partial charge in [-0.1, -0.05) is 12.1 Å². The molecular formula is C17H25N3O3. The maximum Gasteiger partial charge on any atom is 0.253 e. The standard InChI is InChI=1S/C17H25N3O3/c1-13(21)18-11-4-12-19-16(22)10-7-14-5-8-15(9-6-14)17(23)20(2)3/h5-6,8-9H,4,7,10-12H2,1-3H3,(H,18,21)(H,19,22). The minimum Gasteiger partial charge on any atom is -0.356 e. The van der Waals surface area contributed by atoms with Crippen molar-refractivity contribution in [3.05, 3.63) is 35.4 Å². The molecule has 0 heterocycles. The molecule has 0 unspecified atom stereocenters. The lowest BCUT2D eigenvalue weighted by molar-refractivity contribution is -0.121. The molecule has 0 aliphatic heterocycles. The largest absolute Gasteiger partial charge is 0.356 e. The van der Waals surface area contributed by atoms with Crippen molar-refractivity contribution in [3.63, 3.8) is 0 Å². The number of carbonyl (C=O) groups excluding carboxylic acids is 3. The molecular weight excluding hydrogens is 294 g/mol. The molecule has 1 aromatic carbocycles. The Bertz CT molecular complexity index is 539. The zero-order valence-electron chi connectivity index (χ0n) is 14.0. The van der Waals surface area contributed by atoms with Gasteiger partial charge in [0.25, 0.3) is 5.91 Å². The molecule has 0 fully saturated rings. The Morgan fingerprint density at radius 1 is 1.00 bits per heavy atom. The second-order valence-electron chi connectivity index (χ2n) is 5.58. The van der Waals surface area contributed by atoms with E-state index in [4.69, 9.17) is 0 Å². The maximum absolute atomic E-state index is 11.8. The molecule has 0 aliphatic carbocycles. The van der Waals surface area contributed by atoms with Crippen LogP contribution in [-0.4, -0.2) is 49.8 Å². The van der Waals surface area contributed by atoms with E-state index < -0.39 is 0 Å². The van der Waals surface area contributed by atoms with Crippen molar-refractivity contribution in [2.24, 2.45) is 0 Å². The van der Waals surface area contributed by atoms with Gasteiger partial charge >= 0.3 is 0 Å². The van der Waals surface area contributed by atoms with Crippen molar-refractivity contribution in [1.29, 1.82) is 0 Å². The Morgan fingerprint density at radius 3 is 2.17 bits per heavy atom. The fourth-order valence-electron chi connectivity index (χ4n) is 2.00. The molecule has 1 rings (SSSR count). The van der Waals surface area contributed by atoms with E-state index in [1.54, 1.807) is 26.2 Å². The number of hydrogen-bond acceptors (Lipinski definition) is 3. The van der Waals surface area contributed by atoms with Crippen LogP contribution in [0.4, 0.5) is 0 Å². The Kier molecular flexibility index (Phi) is 7.80. The average molecular weight is 319 g/mol. The third kappa shape index (κ3) is 7.44. The fraction of sp³-hybridized carbons (Fsp3) is 0.471. The van der Waals surface area contributed by atoms with Crippen LogP contribution < -0.4 is 10.6 Å². The van der Waals surface area contributed by atoms with Crippen LogP contribution in [0.2, 0.25) is 0 Å². The smallest absolute Gasteiger partial charge is 0.253 e. The summed E-state index contributed by atoms with van der Waals surface area (Å²) >= 11 is 0. The lowest BCUT2D eigenvalue weighted by Gasteiger charge is -2.10. The SMILES string of the molecule is CC(=O)NCCCNC(=O)CCc1ccc(C(=O)N(C)C)cc1. The van der Waals surface area contributed by atoms with Crippen molar-refractivity contribution in [2.45, 2.75) is 26.2 Å². The highest BCUT2D eigenvalue weighted by atomic mass is 16.2. The van der Waals surface area contributed by atoms with Crippen molar-refractivity contribution in [3.8, 4) is 0 Å². The molecule has 6 nitrogen and oxygen atoms in total. The molecule has 0 aliphatic rings. The van der Waals surface area contributed by atoms with Gasteiger partial charge in [-0.3, -0.25) is 14.4 Å². The van der Waals surface area contributed by atoms with Crippen LogP contribution in [0.3, 0.4) is 0 Å². The number of carbonyl (C=O) groups is 3. The van der Waals surface area contributed by atoms with E-state index >= 15 is 0 Å². The third-order valence-corrected chi connectivity index (χ3v) is 3.30. The van der Waals surface area contributed by atoms with Crippen LogP contribution in [0.5, 0.6) is 0 Å². The Balaban J connectivity index is 2.28. The average Bonchev–Trinajstić information content (AvgIpc) is 2.52. The minimum absolute atomic E-state index is 0.0127. The van der Waals surface area contributed by atoms with Crippen LogP contribution >= 0.6 is 0 Å². The summed E-state index contributed by atoms with van der Waals surface area (Å²) < 4.78 is 0. The van der Waals surface area contributed by atoms with Crippen molar-refractivity contribution in [2.75, 3.05) is 27.2 Å². The first kappa shape index (κ1) is 18.7. The molecule has 3 amide bonds. The predicted molar refractivity (Wildman–Crippen MR) is 89.1 cm³/mol. The molecule has 6 heteroatoms. The lowest BCUT2D eigenvalue weighted by Crippen LogP contribution is -2.28. The molecule has 0 saturated heterocycles. The number of nitrogens with zero attached hydrogens (tertiary/aromatic N) is 1. The number of amides is 3. The van der Waals surface area contributed by atoms with Crippen molar-refractivity contribution >= 4 is 17.7 Å². The summed E-state index contributed by atoms with van der Waals surface area (Å²) in [5.41, 5.74) is 1.66. The molecule has 0 atom stereocenters. The maximum atomic E-state index is 11.8. The van der Waals surface area contributed by atoms with Gasteiger partial charge in [0.15, 0.2) is 0 Å². The van der Waals surface area contributed by atoms with E-state index in [9.17, 15) is 14.4 Å². The molecule has 1 aromatic rings. The number of nitrogens with one attached hydrogen (secondary N) is 2. The summed E-state index contributed by atoms with van der Waals surface area (Å²) in [7, 11) is 3.43. The second kappa shape index (κ2) is 9.61. The van der Waals surface area contributed by atoms with E-state index in [-0.39, 0.29) is 17.7 Å². The number of aryl methyl sites for hydroxylation is 1. The monoisotopic (exact) mass is 319 g/mol. The van der Waals surface area contributed by atoms with Crippen molar-refractivity contribution < 1.29 is 14.4 Å². The van der Waals surface area contributed by atoms with Crippen LogP contribution in [0, 0.1) is 0 Å². The first-order valence-corrected chi connectivity index (χ1v) is 7.72. The highest BCUT2D eigenvalue weighted by molar-refractivity contribution is 5.93. The van der Waals surface area contributed by atoms with E-state index in [1.165, 1.54) is 11.8 Å². The predicted octanol–water partition coefficient (Wildman–Crippen LogP) is 0.963. The molecule has 2 N–H and O–H groups in total. The summed E-state index contributed by atoms with van der Waals surface area (Å²) in [6.45, 7) is 2.59. The van der Waals surface area contributed by atoms with E-state index in [0.717, 1.165) is 5.56 Å². The van der Waals surface area contributed by atoms with E-state index in [2.05, 4.69) is 10.6 Å². The van der Waals surface area contributed by atoms with Gasteiger partial charge in [-0.15, -0.1) is 0 Å². The molecule has 0 bridgehead atoms. The minimum atomic E-state index is -0.0625. The molecule has 126 valence electrons. The topological polar surface area (TPSA) is 78.5 Å². The number of hydrogen-bond donors (Lipinski definition) is 2. The fourth-order valence-corrected chi connectivity index (χ4v) is 2.00. The molecule has 0 saturated carbocycles. The number of benzene rings is 1. The summed E-state index contributed by atoms with van der Waals surface area (Å²) in [6.07, 6.45) is 1.75. The van der Waals surface area contributed by atoms with E-state index in [1.807, 2.05) is 12.1 Å². The quantitative estimate of drug-likeness (QED) is 0.701. The zero-order chi connectivity index (χ0) is 17.2. The van der Waals surface area contributed by atoms with Gasteiger partial charge in [-0.25, -0.2) is 0 Å². The molecule has 0 spiro atoms. The van der Waals surface area contributed by atoms with Gasteiger partial charge < -0.3 is 15.5 Å². The molecule has 23 heavy (non-hydrogen) atoms. The zero-order valence-corrected chi connectivity index (χ0v) is 14.0. The third-order valence-electron chi connectivity index (χ3n) is 3.30. The summed E-state index contributed by atoms with van der Waals surface area (Å²) in [4.78, 5) is 35.7. The lowest BCUT2D eigenvalue weighted by atomic mass is 10.1. The first-order chi connectivity index (χ1) is 10.9. The van der Waals surface area contributed by atoms with Gasteiger partial charge in [-0.05, 0) is 30.5 Å². The van der Waals surface area contributed by atoms with Crippen LogP contribution in [0.15, 0.2) is 24.3 Å². The van der Waals surface area contributed by atoms with Crippen molar-refractivity contribution in [1.82, 2.24) is 15.5 Å². The highest BCUT2D eigenvalue weighted by Crippen LogP contribution is 2.08. The molecule has 0 aromatic heterocycles.